The molecule has 1 heterocycles. The molecule has 1 atom stereocenters. The summed E-state index contributed by atoms with van der Waals surface area (Å²) in [6, 6.07) is 6.93. The molecule has 1 unspecified atom stereocenters. The average Bonchev–Trinajstić information content (AvgIpc) is 2.84. The van der Waals surface area contributed by atoms with Gasteiger partial charge in [-0.2, -0.15) is 4.98 Å². The number of hydrogen-bond donors (Lipinski definition) is 2. The number of nitrogens with one attached hydrogen (secondary N) is 1. The molecule has 3 N–H and O–H groups in total. The summed E-state index contributed by atoms with van der Waals surface area (Å²) >= 11 is 0. The highest BCUT2D eigenvalue weighted by Gasteiger charge is 2.15. The van der Waals surface area contributed by atoms with Crippen LogP contribution in [0.3, 0.4) is 0 Å². The lowest BCUT2D eigenvalue weighted by molar-refractivity contribution is -0.122. The quantitative estimate of drug-likeness (QED) is 0.872. The Kier molecular flexibility index (Phi) is 6.33. The lowest BCUT2D eigenvalue weighted by Gasteiger charge is -2.12. The molecule has 1 amide bonds. The smallest absolute Gasteiger partial charge is 0.241 e. The molecule has 0 spiro atoms. The number of benzene rings is 1. The van der Waals surface area contributed by atoms with E-state index in [0.717, 1.165) is 11.1 Å². The Bertz CT molecular complexity index is 583. The minimum Gasteiger partial charge on any atom is -0.354 e. The van der Waals surface area contributed by atoms with Crippen molar-refractivity contribution in [1.29, 1.82) is 0 Å². The average molecular weight is 311 g/mol. The molecule has 0 fully saturated rings. The van der Waals surface area contributed by atoms with E-state index in [0.29, 0.717) is 24.7 Å². The van der Waals surface area contributed by atoms with Crippen LogP contribution in [-0.4, -0.2) is 22.6 Å². The number of aryl methyl sites for hydroxylation is 2. The molecule has 0 aliphatic rings. The van der Waals surface area contributed by atoms with E-state index in [1.165, 1.54) is 0 Å². The maximum Gasteiger partial charge on any atom is 0.241 e. The van der Waals surface area contributed by atoms with Crippen LogP contribution in [0.1, 0.15) is 28.9 Å². The Morgan fingerprint density at radius 2 is 2.00 bits per heavy atom. The lowest BCUT2D eigenvalue weighted by Crippen LogP contribution is -2.35. The van der Waals surface area contributed by atoms with Crippen LogP contribution in [0, 0.1) is 13.8 Å². The van der Waals surface area contributed by atoms with Crippen LogP contribution < -0.4 is 11.1 Å². The maximum absolute atomic E-state index is 11.9. The number of rotatable bonds is 5. The van der Waals surface area contributed by atoms with Gasteiger partial charge in [-0.3, -0.25) is 4.79 Å². The summed E-state index contributed by atoms with van der Waals surface area (Å²) in [7, 11) is 0. The fraction of sp³-hybridized carbons (Fsp3) is 0.357. The summed E-state index contributed by atoms with van der Waals surface area (Å²) < 4.78 is 4.96. The highest BCUT2D eigenvalue weighted by atomic mass is 35.5. The third-order valence-electron chi connectivity index (χ3n) is 2.93. The highest BCUT2D eigenvalue weighted by molar-refractivity contribution is 5.85. The van der Waals surface area contributed by atoms with Crippen molar-refractivity contribution in [2.75, 3.05) is 6.54 Å². The minimum atomic E-state index is -0.667. The normalized spacial score (nSPS) is 11.6. The van der Waals surface area contributed by atoms with Gasteiger partial charge in [0.25, 0.3) is 0 Å². The number of aromatic nitrogens is 2. The zero-order valence-corrected chi connectivity index (χ0v) is 12.8. The van der Waals surface area contributed by atoms with E-state index in [9.17, 15) is 4.79 Å². The summed E-state index contributed by atoms with van der Waals surface area (Å²) in [6.07, 6.45) is 0.493. The van der Waals surface area contributed by atoms with Crippen LogP contribution >= 0.6 is 12.4 Å². The molecule has 2 rings (SSSR count). The predicted molar refractivity (Wildman–Crippen MR) is 81.1 cm³/mol. The molecule has 0 bridgehead atoms. The van der Waals surface area contributed by atoms with E-state index in [2.05, 4.69) is 15.5 Å². The van der Waals surface area contributed by atoms with Gasteiger partial charge in [0.05, 0.1) is 0 Å². The minimum absolute atomic E-state index is 0. The molecule has 0 saturated heterocycles. The van der Waals surface area contributed by atoms with Crippen molar-refractivity contribution in [2.24, 2.45) is 5.73 Å². The number of carbonyl (C=O) groups excluding carboxylic acids is 1. The first kappa shape index (κ1) is 17.1. The van der Waals surface area contributed by atoms with Crippen LogP contribution in [0.25, 0.3) is 0 Å². The summed E-state index contributed by atoms with van der Waals surface area (Å²) in [6.45, 7) is 4.15. The molecular formula is C14H19ClN4O2. The molecule has 1 aromatic carbocycles. The Balaban J connectivity index is 0.00000220. The fourth-order valence-corrected chi connectivity index (χ4v) is 1.77. The van der Waals surface area contributed by atoms with Crippen molar-refractivity contribution >= 4 is 18.3 Å². The third-order valence-corrected chi connectivity index (χ3v) is 2.93. The van der Waals surface area contributed by atoms with Gasteiger partial charge in [-0.1, -0.05) is 35.0 Å². The first-order valence-corrected chi connectivity index (χ1v) is 6.45. The van der Waals surface area contributed by atoms with Crippen molar-refractivity contribution < 1.29 is 9.32 Å². The van der Waals surface area contributed by atoms with Gasteiger partial charge in [0, 0.05) is 13.0 Å². The van der Waals surface area contributed by atoms with E-state index in [-0.39, 0.29) is 18.3 Å². The van der Waals surface area contributed by atoms with Crippen molar-refractivity contribution in [1.82, 2.24) is 15.5 Å². The predicted octanol–water partition coefficient (Wildman–Crippen LogP) is 1.47. The molecular weight excluding hydrogens is 292 g/mol. The summed E-state index contributed by atoms with van der Waals surface area (Å²) in [5.74, 6) is 0.875. The van der Waals surface area contributed by atoms with E-state index >= 15 is 0 Å². The number of halogens is 1. The number of hydrogen-bond acceptors (Lipinski definition) is 5. The van der Waals surface area contributed by atoms with Gasteiger partial charge in [-0.15, -0.1) is 12.4 Å². The Labute approximate surface area is 129 Å². The second-order valence-corrected chi connectivity index (χ2v) is 4.66. The molecule has 0 radical (unpaired) electrons. The number of nitrogens with zero attached hydrogens (tertiary/aromatic N) is 2. The molecule has 6 nitrogen and oxygen atoms in total. The molecule has 2 aromatic rings. The largest absolute Gasteiger partial charge is 0.354 e. The fourth-order valence-electron chi connectivity index (χ4n) is 1.77. The van der Waals surface area contributed by atoms with Gasteiger partial charge < -0.3 is 15.6 Å². The van der Waals surface area contributed by atoms with Gasteiger partial charge in [-0.25, -0.2) is 0 Å². The molecule has 1 aromatic heterocycles. The van der Waals surface area contributed by atoms with Crippen LogP contribution in [-0.2, 0) is 11.2 Å². The van der Waals surface area contributed by atoms with Gasteiger partial charge in [0.15, 0.2) is 5.82 Å². The Morgan fingerprint density at radius 3 is 2.57 bits per heavy atom. The van der Waals surface area contributed by atoms with Gasteiger partial charge in [0.2, 0.25) is 11.8 Å². The molecule has 0 aliphatic heterocycles. The molecule has 114 valence electrons. The number of nitrogens with two attached hydrogens (primary N) is 1. The monoisotopic (exact) mass is 310 g/mol. The van der Waals surface area contributed by atoms with Crippen LogP contribution in [0.2, 0.25) is 0 Å². The second-order valence-electron chi connectivity index (χ2n) is 4.66. The molecule has 0 saturated carbocycles. The highest BCUT2D eigenvalue weighted by Crippen LogP contribution is 2.11. The summed E-state index contributed by atoms with van der Waals surface area (Å²) in [4.78, 5) is 16.0. The zero-order valence-electron chi connectivity index (χ0n) is 12.0. The molecule has 21 heavy (non-hydrogen) atoms. The van der Waals surface area contributed by atoms with E-state index in [1.807, 2.05) is 31.2 Å². The number of amides is 1. The SMILES string of the molecule is Cc1ccc(C(N)C(=O)NCCc2nc(C)no2)cc1.Cl. The van der Waals surface area contributed by atoms with E-state index in [4.69, 9.17) is 10.3 Å². The Morgan fingerprint density at radius 1 is 1.33 bits per heavy atom. The summed E-state index contributed by atoms with van der Waals surface area (Å²) in [5.41, 5.74) is 7.83. The van der Waals surface area contributed by atoms with E-state index in [1.54, 1.807) is 6.92 Å². The van der Waals surface area contributed by atoms with Crippen LogP contribution in [0.15, 0.2) is 28.8 Å². The van der Waals surface area contributed by atoms with Crippen LogP contribution in [0.5, 0.6) is 0 Å². The molecule has 0 aliphatic carbocycles. The van der Waals surface area contributed by atoms with Crippen molar-refractivity contribution in [3.05, 3.63) is 47.1 Å². The number of carbonyl (C=O) groups is 1. The van der Waals surface area contributed by atoms with E-state index < -0.39 is 6.04 Å². The topological polar surface area (TPSA) is 94.0 Å². The third kappa shape index (κ3) is 4.84. The molecule has 7 heteroatoms. The zero-order chi connectivity index (χ0) is 14.5. The van der Waals surface area contributed by atoms with Crippen molar-refractivity contribution in [2.45, 2.75) is 26.3 Å². The van der Waals surface area contributed by atoms with Gasteiger partial charge in [-0.05, 0) is 19.4 Å². The van der Waals surface area contributed by atoms with Crippen molar-refractivity contribution in [3.63, 3.8) is 0 Å². The van der Waals surface area contributed by atoms with Gasteiger partial charge >= 0.3 is 0 Å². The second kappa shape index (κ2) is 7.75. The lowest BCUT2D eigenvalue weighted by atomic mass is 10.1. The summed E-state index contributed by atoms with van der Waals surface area (Å²) in [5, 5.41) is 6.44. The standard InChI is InChI=1S/C14H18N4O2.ClH/c1-9-3-5-11(6-4-9)13(15)14(19)16-8-7-12-17-10(2)18-20-12;/h3-6,13H,7-8,15H2,1-2H3,(H,16,19);1H. The first-order valence-electron chi connectivity index (χ1n) is 6.45. The first-order chi connectivity index (χ1) is 9.56. The van der Waals surface area contributed by atoms with Crippen LogP contribution in [0.4, 0.5) is 0 Å². The Hall–Kier alpha value is -1.92. The van der Waals surface area contributed by atoms with Gasteiger partial charge in [0.1, 0.15) is 6.04 Å². The maximum atomic E-state index is 11.9. The van der Waals surface area contributed by atoms with Crippen molar-refractivity contribution in [3.8, 4) is 0 Å².